The predicted molar refractivity (Wildman–Crippen MR) is 67.7 cm³/mol. The molecule has 1 aliphatic rings. The number of rotatable bonds is 2. The van der Waals surface area contributed by atoms with Crippen molar-refractivity contribution < 1.29 is 5.11 Å². The normalized spacial score (nSPS) is 23.6. The number of hydrogen-bond acceptors (Lipinski definition) is 1. The topological polar surface area (TPSA) is 20.2 Å². The number of benzene rings is 1. The minimum absolute atomic E-state index is 0.0266. The molecule has 0 radical (unpaired) electrons. The summed E-state index contributed by atoms with van der Waals surface area (Å²) in [5, 5.41) is 9.89. The van der Waals surface area contributed by atoms with Crippen molar-refractivity contribution >= 4 is 0 Å². The van der Waals surface area contributed by atoms with Gasteiger partial charge >= 0.3 is 0 Å². The average Bonchev–Trinajstić information content (AvgIpc) is 2.29. The summed E-state index contributed by atoms with van der Waals surface area (Å²) < 4.78 is 0. The van der Waals surface area contributed by atoms with Crippen LogP contribution >= 0.6 is 0 Å². The first-order chi connectivity index (χ1) is 7.67. The SMILES string of the molecule is CCc1c(O)cccc1C1(C)C=CC=CC1. The molecule has 0 amide bonds. The van der Waals surface area contributed by atoms with Gasteiger partial charge in [0.15, 0.2) is 0 Å². The molecule has 0 aromatic heterocycles. The minimum Gasteiger partial charge on any atom is -0.508 e. The van der Waals surface area contributed by atoms with Crippen LogP contribution in [0, 0.1) is 0 Å². The molecule has 1 nitrogen and oxygen atoms in total. The molecule has 1 atom stereocenters. The van der Waals surface area contributed by atoms with Crippen LogP contribution in [0.15, 0.2) is 42.5 Å². The van der Waals surface area contributed by atoms with E-state index in [-0.39, 0.29) is 5.41 Å². The average molecular weight is 214 g/mol. The van der Waals surface area contributed by atoms with E-state index in [1.54, 1.807) is 6.07 Å². The Bertz CT molecular complexity index is 443. The van der Waals surface area contributed by atoms with E-state index in [9.17, 15) is 5.11 Å². The molecule has 0 bridgehead atoms. The molecule has 84 valence electrons. The summed E-state index contributed by atoms with van der Waals surface area (Å²) in [5.74, 6) is 0.421. The fraction of sp³-hybridized carbons (Fsp3) is 0.333. The van der Waals surface area contributed by atoms with E-state index in [2.05, 4.69) is 44.2 Å². The van der Waals surface area contributed by atoms with Gasteiger partial charge < -0.3 is 5.11 Å². The largest absolute Gasteiger partial charge is 0.508 e. The Kier molecular flexibility index (Phi) is 2.86. The Morgan fingerprint density at radius 1 is 1.31 bits per heavy atom. The Morgan fingerprint density at radius 2 is 2.12 bits per heavy atom. The Balaban J connectivity index is 2.51. The van der Waals surface area contributed by atoms with Crippen molar-refractivity contribution in [1.29, 1.82) is 0 Å². The van der Waals surface area contributed by atoms with Crippen LogP contribution in [-0.2, 0) is 11.8 Å². The van der Waals surface area contributed by atoms with Crippen molar-refractivity contribution in [3.63, 3.8) is 0 Å². The summed E-state index contributed by atoms with van der Waals surface area (Å²) in [4.78, 5) is 0. The third-order valence-corrected chi connectivity index (χ3v) is 3.37. The molecule has 0 heterocycles. The maximum absolute atomic E-state index is 9.89. The molecule has 2 rings (SSSR count). The van der Waals surface area contributed by atoms with Crippen LogP contribution in [0.4, 0.5) is 0 Å². The van der Waals surface area contributed by atoms with Crippen LogP contribution in [0.2, 0.25) is 0 Å². The highest BCUT2D eigenvalue weighted by Crippen LogP contribution is 2.37. The lowest BCUT2D eigenvalue weighted by molar-refractivity contribution is 0.463. The summed E-state index contributed by atoms with van der Waals surface area (Å²) in [6.07, 6.45) is 10.4. The molecule has 0 fully saturated rings. The van der Waals surface area contributed by atoms with E-state index in [0.717, 1.165) is 18.4 Å². The van der Waals surface area contributed by atoms with Crippen molar-refractivity contribution in [3.8, 4) is 5.75 Å². The number of aromatic hydroxyl groups is 1. The molecule has 0 saturated heterocycles. The molecular formula is C15H18O. The fourth-order valence-corrected chi connectivity index (χ4v) is 2.41. The highest BCUT2D eigenvalue weighted by atomic mass is 16.3. The van der Waals surface area contributed by atoms with Gasteiger partial charge in [-0.2, -0.15) is 0 Å². The molecule has 1 N–H and O–H groups in total. The number of allylic oxidation sites excluding steroid dienone is 4. The minimum atomic E-state index is 0.0266. The van der Waals surface area contributed by atoms with Gasteiger partial charge in [-0.25, -0.2) is 0 Å². The van der Waals surface area contributed by atoms with E-state index >= 15 is 0 Å². The summed E-state index contributed by atoms with van der Waals surface area (Å²) in [7, 11) is 0. The Labute approximate surface area is 97.1 Å². The fourth-order valence-electron chi connectivity index (χ4n) is 2.41. The molecule has 1 aromatic rings. The van der Waals surface area contributed by atoms with Gasteiger partial charge in [-0.05, 0) is 30.0 Å². The Morgan fingerprint density at radius 3 is 2.75 bits per heavy atom. The first-order valence-corrected chi connectivity index (χ1v) is 5.83. The summed E-state index contributed by atoms with van der Waals surface area (Å²) in [6, 6.07) is 5.83. The first kappa shape index (κ1) is 11.0. The second-order valence-electron chi connectivity index (χ2n) is 4.57. The van der Waals surface area contributed by atoms with E-state index in [4.69, 9.17) is 0 Å². The third-order valence-electron chi connectivity index (χ3n) is 3.37. The highest BCUT2D eigenvalue weighted by Gasteiger charge is 2.26. The smallest absolute Gasteiger partial charge is 0.119 e. The van der Waals surface area contributed by atoms with Gasteiger partial charge in [-0.1, -0.05) is 50.3 Å². The van der Waals surface area contributed by atoms with Crippen molar-refractivity contribution in [2.75, 3.05) is 0 Å². The molecule has 0 saturated carbocycles. The van der Waals surface area contributed by atoms with Crippen LogP contribution in [0.25, 0.3) is 0 Å². The van der Waals surface area contributed by atoms with Crippen LogP contribution in [-0.4, -0.2) is 5.11 Å². The molecule has 1 aliphatic carbocycles. The van der Waals surface area contributed by atoms with E-state index in [1.165, 1.54) is 5.56 Å². The van der Waals surface area contributed by atoms with Gasteiger partial charge in [0.1, 0.15) is 5.75 Å². The van der Waals surface area contributed by atoms with Crippen molar-refractivity contribution in [2.45, 2.75) is 32.1 Å². The third kappa shape index (κ3) is 1.78. The molecule has 16 heavy (non-hydrogen) atoms. The number of phenolic OH excluding ortho intramolecular Hbond substituents is 1. The van der Waals surface area contributed by atoms with Crippen molar-refractivity contribution in [1.82, 2.24) is 0 Å². The van der Waals surface area contributed by atoms with Gasteiger partial charge in [0.2, 0.25) is 0 Å². The second-order valence-corrected chi connectivity index (χ2v) is 4.57. The lowest BCUT2D eigenvalue weighted by Crippen LogP contribution is -2.21. The molecule has 1 heteroatoms. The molecule has 1 aromatic carbocycles. The zero-order valence-electron chi connectivity index (χ0n) is 9.90. The predicted octanol–water partition coefficient (Wildman–Crippen LogP) is 3.73. The van der Waals surface area contributed by atoms with Gasteiger partial charge in [-0.3, -0.25) is 0 Å². The van der Waals surface area contributed by atoms with Gasteiger partial charge in [-0.15, -0.1) is 0 Å². The first-order valence-electron chi connectivity index (χ1n) is 5.83. The Hall–Kier alpha value is -1.50. The van der Waals surface area contributed by atoms with Crippen LogP contribution in [0.3, 0.4) is 0 Å². The summed E-state index contributed by atoms with van der Waals surface area (Å²) in [6.45, 7) is 4.31. The second kappa shape index (κ2) is 4.17. The zero-order chi connectivity index (χ0) is 11.6. The molecular weight excluding hydrogens is 196 g/mol. The van der Waals surface area contributed by atoms with Gasteiger partial charge in [0, 0.05) is 5.41 Å². The molecule has 0 spiro atoms. The molecule has 0 aliphatic heterocycles. The van der Waals surface area contributed by atoms with E-state index < -0.39 is 0 Å². The van der Waals surface area contributed by atoms with E-state index in [1.807, 2.05) is 6.07 Å². The zero-order valence-corrected chi connectivity index (χ0v) is 9.90. The van der Waals surface area contributed by atoms with Crippen molar-refractivity contribution in [3.05, 3.63) is 53.6 Å². The lowest BCUT2D eigenvalue weighted by atomic mass is 9.75. The molecule has 1 unspecified atom stereocenters. The van der Waals surface area contributed by atoms with Gasteiger partial charge in [0.05, 0.1) is 0 Å². The maximum atomic E-state index is 9.89. The number of hydrogen-bond donors (Lipinski definition) is 1. The summed E-state index contributed by atoms with van der Waals surface area (Å²) in [5.41, 5.74) is 2.35. The van der Waals surface area contributed by atoms with E-state index in [0.29, 0.717) is 5.75 Å². The quantitative estimate of drug-likeness (QED) is 0.795. The monoisotopic (exact) mass is 214 g/mol. The standard InChI is InChI=1S/C15H18O/c1-3-12-13(8-7-9-14(12)16)15(2)10-5-4-6-11-15/h4-10,16H,3,11H2,1-2H3. The number of phenols is 1. The van der Waals surface area contributed by atoms with Crippen molar-refractivity contribution in [2.24, 2.45) is 0 Å². The van der Waals surface area contributed by atoms with Crippen LogP contribution in [0.5, 0.6) is 5.75 Å². The summed E-state index contributed by atoms with van der Waals surface area (Å²) >= 11 is 0. The highest BCUT2D eigenvalue weighted by molar-refractivity contribution is 5.46. The van der Waals surface area contributed by atoms with Crippen LogP contribution < -0.4 is 0 Å². The maximum Gasteiger partial charge on any atom is 0.119 e. The van der Waals surface area contributed by atoms with Gasteiger partial charge in [0.25, 0.3) is 0 Å². The van der Waals surface area contributed by atoms with Crippen LogP contribution in [0.1, 0.15) is 31.4 Å². The lowest BCUT2D eigenvalue weighted by Gasteiger charge is -2.29.